The van der Waals surface area contributed by atoms with E-state index in [9.17, 15) is 9.18 Å². The van der Waals surface area contributed by atoms with Crippen molar-refractivity contribution in [2.75, 3.05) is 18.5 Å². The lowest BCUT2D eigenvalue weighted by Gasteiger charge is -2.15. The fraction of sp³-hybridized carbons (Fsp3) is 0.300. The standard InChI is InChI=1S/C20H21ClFN3O2/c1-13-17(21)5-2-6-18(13)24-20(23-12-16-4-3-11-27-16)25-19(26)14-7-9-15(22)10-8-14/h2,5-10,16H,3-4,11-12H2,1H3,(H2,23,24,25,26)/t16-/m0/s1. The molecule has 5 nitrogen and oxygen atoms in total. The van der Waals surface area contributed by atoms with Crippen molar-refractivity contribution in [3.63, 3.8) is 0 Å². The van der Waals surface area contributed by atoms with Crippen molar-refractivity contribution in [2.45, 2.75) is 25.9 Å². The van der Waals surface area contributed by atoms with Crippen molar-refractivity contribution >= 4 is 29.2 Å². The number of carbonyl (C=O) groups excluding carboxylic acids is 1. The van der Waals surface area contributed by atoms with Crippen LogP contribution in [0.15, 0.2) is 47.5 Å². The van der Waals surface area contributed by atoms with Gasteiger partial charge in [-0.15, -0.1) is 0 Å². The molecule has 1 saturated heterocycles. The first-order valence-electron chi connectivity index (χ1n) is 8.78. The number of hydrogen-bond acceptors (Lipinski definition) is 3. The summed E-state index contributed by atoms with van der Waals surface area (Å²) in [5.74, 6) is -0.482. The SMILES string of the molecule is Cc1c(Cl)cccc1NC(=NC[C@@H]1CCCO1)NC(=O)c1ccc(F)cc1. The van der Waals surface area contributed by atoms with Crippen molar-refractivity contribution < 1.29 is 13.9 Å². The van der Waals surface area contributed by atoms with Gasteiger partial charge >= 0.3 is 0 Å². The van der Waals surface area contributed by atoms with Crippen molar-refractivity contribution in [1.82, 2.24) is 5.32 Å². The summed E-state index contributed by atoms with van der Waals surface area (Å²) in [6.45, 7) is 3.05. The molecule has 2 aromatic carbocycles. The molecule has 0 aromatic heterocycles. The summed E-state index contributed by atoms with van der Waals surface area (Å²) in [4.78, 5) is 17.0. The van der Waals surface area contributed by atoms with Gasteiger partial charge < -0.3 is 10.1 Å². The number of nitrogens with one attached hydrogen (secondary N) is 2. The number of guanidine groups is 1. The first-order valence-corrected chi connectivity index (χ1v) is 9.16. The van der Waals surface area contributed by atoms with E-state index in [0.717, 1.165) is 30.7 Å². The van der Waals surface area contributed by atoms with Gasteiger partial charge in [0.05, 0.1) is 12.6 Å². The molecule has 7 heteroatoms. The first-order chi connectivity index (χ1) is 13.0. The largest absolute Gasteiger partial charge is 0.376 e. The van der Waals surface area contributed by atoms with Crippen LogP contribution in [-0.2, 0) is 4.74 Å². The molecule has 27 heavy (non-hydrogen) atoms. The highest BCUT2D eigenvalue weighted by Crippen LogP contribution is 2.23. The predicted molar refractivity (Wildman–Crippen MR) is 105 cm³/mol. The zero-order valence-corrected chi connectivity index (χ0v) is 15.7. The summed E-state index contributed by atoms with van der Waals surface area (Å²) in [7, 11) is 0. The average molecular weight is 390 g/mol. The minimum absolute atomic E-state index is 0.0463. The Morgan fingerprint density at radius 2 is 2.07 bits per heavy atom. The summed E-state index contributed by atoms with van der Waals surface area (Å²) in [6.07, 6.45) is 2.00. The fourth-order valence-electron chi connectivity index (χ4n) is 2.74. The second-order valence-electron chi connectivity index (χ2n) is 6.32. The van der Waals surface area contributed by atoms with E-state index in [0.29, 0.717) is 23.1 Å². The lowest BCUT2D eigenvalue weighted by atomic mass is 10.2. The molecule has 0 spiro atoms. The van der Waals surface area contributed by atoms with Gasteiger partial charge in [0.15, 0.2) is 0 Å². The third kappa shape index (κ3) is 5.28. The topological polar surface area (TPSA) is 62.7 Å². The van der Waals surface area contributed by atoms with Crippen LogP contribution in [0.2, 0.25) is 5.02 Å². The van der Waals surface area contributed by atoms with Crippen LogP contribution in [0.25, 0.3) is 0 Å². The number of hydrogen-bond donors (Lipinski definition) is 2. The maximum absolute atomic E-state index is 13.1. The molecule has 0 saturated carbocycles. The summed E-state index contributed by atoms with van der Waals surface area (Å²) >= 11 is 6.17. The molecule has 2 aromatic rings. The third-order valence-corrected chi connectivity index (χ3v) is 4.75. The van der Waals surface area contributed by atoms with Gasteiger partial charge in [-0.3, -0.25) is 10.1 Å². The van der Waals surface area contributed by atoms with E-state index in [1.165, 1.54) is 24.3 Å². The molecule has 0 radical (unpaired) electrons. The number of anilines is 1. The Labute approximate surface area is 162 Å². The highest BCUT2D eigenvalue weighted by Gasteiger charge is 2.16. The number of aliphatic imine (C=N–C) groups is 1. The Kier molecular flexibility index (Phi) is 6.42. The van der Waals surface area contributed by atoms with Crippen LogP contribution in [0.4, 0.5) is 10.1 Å². The maximum atomic E-state index is 13.1. The van der Waals surface area contributed by atoms with Gasteiger partial charge in [0.1, 0.15) is 5.82 Å². The van der Waals surface area contributed by atoms with E-state index in [2.05, 4.69) is 15.6 Å². The molecule has 1 amide bonds. The monoisotopic (exact) mass is 389 g/mol. The highest BCUT2D eigenvalue weighted by atomic mass is 35.5. The van der Waals surface area contributed by atoms with Crippen molar-refractivity contribution in [1.29, 1.82) is 0 Å². The Morgan fingerprint density at radius 3 is 2.78 bits per heavy atom. The summed E-state index contributed by atoms with van der Waals surface area (Å²) in [6, 6.07) is 10.8. The van der Waals surface area contributed by atoms with Gasteiger partial charge in [0.25, 0.3) is 5.91 Å². The number of amides is 1. The minimum atomic E-state index is -0.397. The molecule has 2 N–H and O–H groups in total. The molecule has 0 bridgehead atoms. The van der Waals surface area contributed by atoms with Gasteiger partial charge in [-0.25, -0.2) is 9.38 Å². The molecule has 3 rings (SSSR count). The lowest BCUT2D eigenvalue weighted by molar-refractivity contribution is 0.0975. The van der Waals surface area contributed by atoms with Gasteiger partial charge in [-0.05, 0) is 61.7 Å². The predicted octanol–water partition coefficient (Wildman–Crippen LogP) is 4.16. The Hall–Kier alpha value is -2.44. The number of halogens is 2. The minimum Gasteiger partial charge on any atom is -0.376 e. The molecule has 1 aliphatic heterocycles. The normalized spacial score (nSPS) is 17.0. The average Bonchev–Trinajstić information content (AvgIpc) is 3.17. The van der Waals surface area contributed by atoms with E-state index >= 15 is 0 Å². The number of rotatable bonds is 4. The number of benzene rings is 2. The highest BCUT2D eigenvalue weighted by molar-refractivity contribution is 6.31. The smallest absolute Gasteiger partial charge is 0.257 e. The third-order valence-electron chi connectivity index (χ3n) is 4.34. The Bertz CT molecular complexity index is 834. The molecular formula is C20H21ClFN3O2. The number of ether oxygens (including phenoxy) is 1. The van der Waals surface area contributed by atoms with Crippen LogP contribution in [0.5, 0.6) is 0 Å². The second-order valence-corrected chi connectivity index (χ2v) is 6.73. The van der Waals surface area contributed by atoms with Crippen molar-refractivity contribution in [3.05, 3.63) is 64.4 Å². The van der Waals surface area contributed by atoms with Gasteiger partial charge in [0, 0.05) is 22.9 Å². The fourth-order valence-corrected chi connectivity index (χ4v) is 2.92. The van der Waals surface area contributed by atoms with E-state index in [4.69, 9.17) is 16.3 Å². The summed E-state index contributed by atoms with van der Waals surface area (Å²) in [5.41, 5.74) is 1.93. The zero-order valence-electron chi connectivity index (χ0n) is 15.0. The molecule has 142 valence electrons. The van der Waals surface area contributed by atoms with E-state index < -0.39 is 5.82 Å². The van der Waals surface area contributed by atoms with Crippen LogP contribution >= 0.6 is 11.6 Å². The van der Waals surface area contributed by atoms with Gasteiger partial charge in [-0.1, -0.05) is 17.7 Å². The first kappa shape index (κ1) is 19.3. The number of nitrogens with zero attached hydrogens (tertiary/aromatic N) is 1. The molecule has 1 heterocycles. The Balaban J connectivity index is 1.78. The van der Waals surface area contributed by atoms with Crippen molar-refractivity contribution in [3.8, 4) is 0 Å². The van der Waals surface area contributed by atoms with E-state index in [1.807, 2.05) is 19.1 Å². The van der Waals surface area contributed by atoms with Crippen LogP contribution in [0.1, 0.15) is 28.8 Å². The molecule has 0 aliphatic carbocycles. The van der Waals surface area contributed by atoms with Crippen LogP contribution < -0.4 is 10.6 Å². The zero-order chi connectivity index (χ0) is 19.2. The van der Waals surface area contributed by atoms with Crippen molar-refractivity contribution in [2.24, 2.45) is 4.99 Å². The molecule has 1 aliphatic rings. The lowest BCUT2D eigenvalue weighted by Crippen LogP contribution is -2.37. The second kappa shape index (κ2) is 8.97. The molecular weight excluding hydrogens is 369 g/mol. The van der Waals surface area contributed by atoms with Gasteiger partial charge in [0.2, 0.25) is 5.96 Å². The Morgan fingerprint density at radius 1 is 1.30 bits per heavy atom. The van der Waals surface area contributed by atoms with Gasteiger partial charge in [-0.2, -0.15) is 0 Å². The summed E-state index contributed by atoms with van der Waals surface area (Å²) < 4.78 is 18.7. The van der Waals surface area contributed by atoms with E-state index in [-0.39, 0.29) is 12.0 Å². The number of carbonyl (C=O) groups is 1. The molecule has 1 fully saturated rings. The van der Waals surface area contributed by atoms with Crippen LogP contribution in [0.3, 0.4) is 0 Å². The maximum Gasteiger partial charge on any atom is 0.257 e. The molecule has 0 unspecified atom stereocenters. The summed E-state index contributed by atoms with van der Waals surface area (Å²) in [5, 5.41) is 6.49. The molecule has 1 atom stereocenters. The van der Waals surface area contributed by atoms with Crippen LogP contribution in [0, 0.1) is 12.7 Å². The van der Waals surface area contributed by atoms with Crippen LogP contribution in [-0.4, -0.2) is 31.1 Å². The quantitative estimate of drug-likeness (QED) is 0.609. The van der Waals surface area contributed by atoms with E-state index in [1.54, 1.807) is 6.07 Å².